The number of nitrogens with one attached hydrogen (secondary N) is 1. The number of aliphatic hydroxyl groups is 1. The van der Waals surface area contributed by atoms with Crippen molar-refractivity contribution in [1.82, 2.24) is 5.32 Å². The molecule has 0 fully saturated rings. The maximum absolute atomic E-state index is 11.8. The first-order valence-electron chi connectivity index (χ1n) is 5.73. The van der Waals surface area contributed by atoms with E-state index >= 15 is 0 Å². The SMILES string of the molecule is Cc1ccc(C(=O)NCC(C)(O)CC(=O)O)c(O)c1. The molecule has 0 bridgehead atoms. The standard InChI is InChI=1S/C13H17NO5/c1-8-3-4-9(10(15)5-8)12(18)14-7-13(2,19)6-11(16)17/h3-5,15,19H,6-7H2,1-2H3,(H,14,18)(H,16,17). The van der Waals surface area contributed by atoms with Crippen LogP contribution in [-0.2, 0) is 4.79 Å². The fraction of sp³-hybridized carbons (Fsp3) is 0.385. The van der Waals surface area contributed by atoms with Gasteiger partial charge in [-0.15, -0.1) is 0 Å². The van der Waals surface area contributed by atoms with E-state index < -0.39 is 23.9 Å². The summed E-state index contributed by atoms with van der Waals surface area (Å²) in [7, 11) is 0. The van der Waals surface area contributed by atoms with E-state index in [-0.39, 0.29) is 17.9 Å². The largest absolute Gasteiger partial charge is 0.507 e. The highest BCUT2D eigenvalue weighted by Crippen LogP contribution is 2.18. The maximum Gasteiger partial charge on any atom is 0.306 e. The summed E-state index contributed by atoms with van der Waals surface area (Å²) >= 11 is 0. The van der Waals surface area contributed by atoms with Crippen LogP contribution in [0.4, 0.5) is 0 Å². The molecule has 4 N–H and O–H groups in total. The van der Waals surface area contributed by atoms with Crippen molar-refractivity contribution in [3.8, 4) is 5.75 Å². The van der Waals surface area contributed by atoms with E-state index in [1.807, 2.05) is 0 Å². The number of phenolic OH excluding ortho intramolecular Hbond substituents is 1. The van der Waals surface area contributed by atoms with E-state index in [9.17, 15) is 19.8 Å². The molecule has 1 rings (SSSR count). The molecule has 0 aliphatic rings. The summed E-state index contributed by atoms with van der Waals surface area (Å²) in [5.74, 6) is -1.88. The van der Waals surface area contributed by atoms with Gasteiger partial charge in [0.1, 0.15) is 5.75 Å². The smallest absolute Gasteiger partial charge is 0.306 e. The molecule has 6 heteroatoms. The molecule has 104 valence electrons. The molecular formula is C13H17NO5. The lowest BCUT2D eigenvalue weighted by Gasteiger charge is -2.21. The van der Waals surface area contributed by atoms with Crippen molar-refractivity contribution in [2.24, 2.45) is 0 Å². The van der Waals surface area contributed by atoms with Gasteiger partial charge in [-0.1, -0.05) is 6.07 Å². The Morgan fingerprint density at radius 2 is 2.00 bits per heavy atom. The Kier molecular flexibility index (Phi) is 4.50. The number of benzene rings is 1. The number of hydrogen-bond donors (Lipinski definition) is 4. The van der Waals surface area contributed by atoms with Crippen LogP contribution in [0.25, 0.3) is 0 Å². The summed E-state index contributed by atoms with van der Waals surface area (Å²) in [5, 5.41) is 30.3. The summed E-state index contributed by atoms with van der Waals surface area (Å²) in [6.07, 6.45) is -0.479. The zero-order valence-corrected chi connectivity index (χ0v) is 10.8. The second-order valence-electron chi connectivity index (χ2n) is 4.77. The highest BCUT2D eigenvalue weighted by atomic mass is 16.4. The second-order valence-corrected chi connectivity index (χ2v) is 4.77. The lowest BCUT2D eigenvalue weighted by atomic mass is 10.0. The van der Waals surface area contributed by atoms with Crippen LogP contribution >= 0.6 is 0 Å². The van der Waals surface area contributed by atoms with Gasteiger partial charge in [0.15, 0.2) is 0 Å². The van der Waals surface area contributed by atoms with Crippen LogP contribution in [-0.4, -0.2) is 39.3 Å². The van der Waals surface area contributed by atoms with Crippen LogP contribution in [0.5, 0.6) is 5.75 Å². The van der Waals surface area contributed by atoms with Gasteiger partial charge in [0.25, 0.3) is 5.91 Å². The first-order valence-corrected chi connectivity index (χ1v) is 5.73. The summed E-state index contributed by atoms with van der Waals surface area (Å²) in [4.78, 5) is 22.3. The van der Waals surface area contributed by atoms with E-state index in [4.69, 9.17) is 5.11 Å². The molecule has 0 aliphatic heterocycles. The topological polar surface area (TPSA) is 107 Å². The predicted molar refractivity (Wildman–Crippen MR) is 68.1 cm³/mol. The number of rotatable bonds is 5. The molecule has 0 spiro atoms. The average molecular weight is 267 g/mol. The van der Waals surface area contributed by atoms with Gasteiger partial charge in [0, 0.05) is 6.54 Å². The number of phenols is 1. The molecule has 1 atom stereocenters. The molecule has 1 aromatic carbocycles. The number of carbonyl (C=O) groups excluding carboxylic acids is 1. The van der Waals surface area contributed by atoms with Crippen LogP contribution in [0.15, 0.2) is 18.2 Å². The fourth-order valence-corrected chi connectivity index (χ4v) is 1.59. The Morgan fingerprint density at radius 1 is 1.37 bits per heavy atom. The highest BCUT2D eigenvalue weighted by molar-refractivity contribution is 5.96. The number of carboxylic acid groups (broad SMARTS) is 1. The zero-order valence-electron chi connectivity index (χ0n) is 10.8. The number of aliphatic carboxylic acids is 1. The normalized spacial score (nSPS) is 13.6. The minimum absolute atomic E-state index is 0.0803. The predicted octanol–water partition coefficient (Wildman–Crippen LogP) is 0.656. The molecule has 0 heterocycles. The second kappa shape index (κ2) is 5.71. The molecule has 1 unspecified atom stereocenters. The van der Waals surface area contributed by atoms with E-state index in [0.29, 0.717) is 0 Å². The maximum atomic E-state index is 11.8. The summed E-state index contributed by atoms with van der Waals surface area (Å²) in [6.45, 7) is 2.88. The number of carboxylic acids is 1. The lowest BCUT2D eigenvalue weighted by Crippen LogP contribution is -2.42. The minimum atomic E-state index is -1.54. The van der Waals surface area contributed by atoms with Gasteiger partial charge in [0.2, 0.25) is 0 Å². The molecule has 0 aromatic heterocycles. The molecule has 0 saturated heterocycles. The van der Waals surface area contributed by atoms with Crippen molar-refractivity contribution in [3.05, 3.63) is 29.3 Å². The molecule has 1 aromatic rings. The van der Waals surface area contributed by atoms with Gasteiger partial charge in [-0.2, -0.15) is 0 Å². The van der Waals surface area contributed by atoms with Gasteiger partial charge in [-0.05, 0) is 31.5 Å². The van der Waals surface area contributed by atoms with Crippen LogP contribution in [0, 0.1) is 6.92 Å². The van der Waals surface area contributed by atoms with Crippen LogP contribution in [0.3, 0.4) is 0 Å². The number of aromatic hydroxyl groups is 1. The minimum Gasteiger partial charge on any atom is -0.507 e. The van der Waals surface area contributed by atoms with Crippen molar-refractivity contribution in [3.63, 3.8) is 0 Å². The van der Waals surface area contributed by atoms with Crippen LogP contribution in [0.2, 0.25) is 0 Å². The Hall–Kier alpha value is -2.08. The first-order chi connectivity index (χ1) is 8.71. The Bertz CT molecular complexity index is 496. The van der Waals surface area contributed by atoms with Gasteiger partial charge >= 0.3 is 5.97 Å². The highest BCUT2D eigenvalue weighted by Gasteiger charge is 2.25. The summed E-state index contributed by atoms with van der Waals surface area (Å²) < 4.78 is 0. The third-order valence-electron chi connectivity index (χ3n) is 2.56. The van der Waals surface area contributed by atoms with E-state index in [2.05, 4.69) is 5.32 Å². The lowest BCUT2D eigenvalue weighted by molar-refractivity contribution is -0.141. The molecule has 0 radical (unpaired) electrons. The van der Waals surface area contributed by atoms with Crippen LogP contribution < -0.4 is 5.32 Å². The van der Waals surface area contributed by atoms with Crippen molar-refractivity contribution in [2.45, 2.75) is 25.9 Å². The summed E-state index contributed by atoms with van der Waals surface area (Å²) in [5.41, 5.74) is -0.648. The van der Waals surface area contributed by atoms with Gasteiger partial charge in [-0.3, -0.25) is 9.59 Å². The van der Waals surface area contributed by atoms with Crippen molar-refractivity contribution in [2.75, 3.05) is 6.54 Å². The first kappa shape index (κ1) is 15.0. The number of carbonyl (C=O) groups is 2. The third-order valence-corrected chi connectivity index (χ3v) is 2.56. The monoisotopic (exact) mass is 267 g/mol. The van der Waals surface area contributed by atoms with Gasteiger partial charge in [0.05, 0.1) is 17.6 Å². The number of amides is 1. The number of hydrogen-bond acceptors (Lipinski definition) is 4. The van der Waals surface area contributed by atoms with Gasteiger partial charge in [-0.25, -0.2) is 0 Å². The Labute approximate surface area is 110 Å². The van der Waals surface area contributed by atoms with E-state index in [1.165, 1.54) is 19.1 Å². The van der Waals surface area contributed by atoms with E-state index in [0.717, 1.165) is 5.56 Å². The quantitative estimate of drug-likeness (QED) is 0.627. The molecule has 19 heavy (non-hydrogen) atoms. The molecule has 0 aliphatic carbocycles. The molecule has 6 nitrogen and oxygen atoms in total. The Balaban J connectivity index is 2.68. The zero-order chi connectivity index (χ0) is 14.6. The fourth-order valence-electron chi connectivity index (χ4n) is 1.59. The van der Waals surface area contributed by atoms with Crippen molar-refractivity contribution in [1.29, 1.82) is 0 Å². The Morgan fingerprint density at radius 3 is 2.53 bits per heavy atom. The molecule has 1 amide bonds. The third kappa shape index (κ3) is 4.59. The van der Waals surface area contributed by atoms with Crippen LogP contribution in [0.1, 0.15) is 29.3 Å². The van der Waals surface area contributed by atoms with Gasteiger partial charge < -0.3 is 20.6 Å². The van der Waals surface area contributed by atoms with Crippen molar-refractivity contribution < 1.29 is 24.9 Å². The van der Waals surface area contributed by atoms with E-state index in [1.54, 1.807) is 13.0 Å². The average Bonchev–Trinajstić information content (AvgIpc) is 2.24. The molecular weight excluding hydrogens is 250 g/mol. The van der Waals surface area contributed by atoms with Crippen molar-refractivity contribution >= 4 is 11.9 Å². The number of aryl methyl sites for hydroxylation is 1. The molecule has 0 saturated carbocycles. The summed E-state index contributed by atoms with van der Waals surface area (Å²) in [6, 6.07) is 4.58.